The van der Waals surface area contributed by atoms with Gasteiger partial charge in [0.2, 0.25) is 0 Å². The van der Waals surface area contributed by atoms with Crippen molar-refractivity contribution in [1.29, 1.82) is 0 Å². The first kappa shape index (κ1) is 18.3. The number of ether oxygens (including phenoxy) is 1. The fraction of sp³-hybridized carbons (Fsp3) is 0.286. The van der Waals surface area contributed by atoms with Gasteiger partial charge in [-0.2, -0.15) is 0 Å². The lowest BCUT2D eigenvalue weighted by Crippen LogP contribution is -2.36. The summed E-state index contributed by atoms with van der Waals surface area (Å²) >= 11 is 0. The molecular formula is C21H22N4O3. The number of imidazole rings is 1. The van der Waals surface area contributed by atoms with Crippen LogP contribution in [0.25, 0.3) is 27.6 Å². The van der Waals surface area contributed by atoms with Crippen molar-refractivity contribution in [3.8, 4) is 0 Å². The molecule has 4 aromatic rings. The molecule has 2 aromatic carbocycles. The van der Waals surface area contributed by atoms with Gasteiger partial charge in [-0.05, 0) is 24.3 Å². The number of hydrogen-bond acceptors (Lipinski definition) is 5. The third-order valence-electron chi connectivity index (χ3n) is 4.68. The van der Waals surface area contributed by atoms with Gasteiger partial charge in [0.25, 0.3) is 5.97 Å². The monoisotopic (exact) mass is 378 g/mol. The van der Waals surface area contributed by atoms with Crippen LogP contribution in [-0.4, -0.2) is 56.6 Å². The van der Waals surface area contributed by atoms with Crippen molar-refractivity contribution in [2.75, 3.05) is 26.3 Å². The second-order valence-corrected chi connectivity index (χ2v) is 6.71. The Labute approximate surface area is 162 Å². The summed E-state index contributed by atoms with van der Waals surface area (Å²) in [6, 6.07) is 16.5. The zero-order valence-electron chi connectivity index (χ0n) is 15.7. The van der Waals surface area contributed by atoms with E-state index in [0.29, 0.717) is 0 Å². The van der Waals surface area contributed by atoms with Crippen LogP contribution < -0.4 is 0 Å². The molecule has 0 aliphatic carbocycles. The summed E-state index contributed by atoms with van der Waals surface area (Å²) in [7, 11) is 0. The summed E-state index contributed by atoms with van der Waals surface area (Å²) in [5.41, 5.74) is 4.13. The molecule has 1 fully saturated rings. The highest BCUT2D eigenvalue weighted by molar-refractivity contribution is 5.96. The van der Waals surface area contributed by atoms with Gasteiger partial charge >= 0.3 is 0 Å². The lowest BCUT2D eigenvalue weighted by molar-refractivity contribution is -0.134. The minimum absolute atomic E-state index is 0.793. The van der Waals surface area contributed by atoms with Crippen molar-refractivity contribution < 1.29 is 14.6 Å². The second-order valence-electron chi connectivity index (χ2n) is 6.71. The van der Waals surface area contributed by atoms with Crippen molar-refractivity contribution in [3.05, 3.63) is 54.4 Å². The number of para-hydroxylation sites is 3. The van der Waals surface area contributed by atoms with E-state index in [4.69, 9.17) is 24.6 Å². The highest BCUT2D eigenvalue weighted by Crippen LogP contribution is 2.25. The number of fused-ring (bicyclic) bond motifs is 5. The van der Waals surface area contributed by atoms with Gasteiger partial charge in [-0.15, -0.1) is 0 Å². The van der Waals surface area contributed by atoms with E-state index in [1.54, 1.807) is 0 Å². The zero-order chi connectivity index (χ0) is 19.5. The number of nitrogens with zero attached hydrogens (tertiary/aromatic N) is 4. The molecule has 7 nitrogen and oxygen atoms in total. The minimum Gasteiger partial charge on any atom is -0.481 e. The molecule has 144 valence electrons. The van der Waals surface area contributed by atoms with E-state index in [9.17, 15) is 0 Å². The normalized spacial score (nSPS) is 14.9. The standard InChI is InChI=1S/C19H18N4O.C2H4O2/c1-2-6-15-14(5-1)19-21-16-7-3-4-8-17(16)23(19)18(20-15)13-22-9-11-24-12-10-22;1-2(3)4/h1-8H,9-13H2;1H3,(H,3,4). The van der Waals surface area contributed by atoms with Crippen LogP contribution >= 0.6 is 0 Å². The van der Waals surface area contributed by atoms with Crippen molar-refractivity contribution in [2.45, 2.75) is 13.5 Å². The molecule has 0 unspecified atom stereocenters. The van der Waals surface area contributed by atoms with Crippen LogP contribution in [0.3, 0.4) is 0 Å². The molecule has 0 radical (unpaired) electrons. The smallest absolute Gasteiger partial charge is 0.300 e. The van der Waals surface area contributed by atoms with Gasteiger partial charge in [-0.1, -0.05) is 24.3 Å². The van der Waals surface area contributed by atoms with Crippen molar-refractivity contribution in [3.63, 3.8) is 0 Å². The molecule has 2 aromatic heterocycles. The Hall–Kier alpha value is -3.03. The molecule has 0 bridgehead atoms. The van der Waals surface area contributed by atoms with Crippen LogP contribution in [0.2, 0.25) is 0 Å². The molecule has 0 atom stereocenters. The van der Waals surface area contributed by atoms with Gasteiger partial charge in [0.1, 0.15) is 11.5 Å². The molecule has 1 N–H and O–H groups in total. The van der Waals surface area contributed by atoms with Crippen LogP contribution in [0.5, 0.6) is 0 Å². The Morgan fingerprint density at radius 3 is 2.43 bits per heavy atom. The van der Waals surface area contributed by atoms with Gasteiger partial charge in [-0.25, -0.2) is 9.97 Å². The van der Waals surface area contributed by atoms with E-state index < -0.39 is 5.97 Å². The fourth-order valence-electron chi connectivity index (χ4n) is 3.48. The molecule has 1 aliphatic heterocycles. The Kier molecular flexibility index (Phi) is 5.18. The Morgan fingerprint density at radius 2 is 1.68 bits per heavy atom. The number of carboxylic acids is 1. The number of aliphatic carboxylic acids is 1. The van der Waals surface area contributed by atoms with E-state index in [-0.39, 0.29) is 0 Å². The maximum absolute atomic E-state index is 9.00. The Bertz CT molecular complexity index is 1130. The van der Waals surface area contributed by atoms with E-state index in [2.05, 4.69) is 39.6 Å². The lowest BCUT2D eigenvalue weighted by atomic mass is 10.2. The van der Waals surface area contributed by atoms with Crippen molar-refractivity contribution >= 4 is 33.6 Å². The predicted molar refractivity (Wildman–Crippen MR) is 107 cm³/mol. The number of hydrogen-bond donors (Lipinski definition) is 1. The summed E-state index contributed by atoms with van der Waals surface area (Å²) < 4.78 is 7.68. The first-order chi connectivity index (χ1) is 13.6. The van der Waals surface area contributed by atoms with Crippen LogP contribution in [0.1, 0.15) is 12.7 Å². The predicted octanol–water partition coefficient (Wildman–Crippen LogP) is 2.96. The molecule has 28 heavy (non-hydrogen) atoms. The number of morpholine rings is 1. The molecule has 0 saturated carbocycles. The average Bonchev–Trinajstić information content (AvgIpc) is 3.09. The van der Waals surface area contributed by atoms with Gasteiger partial charge in [0, 0.05) is 25.4 Å². The number of carbonyl (C=O) groups is 1. The maximum atomic E-state index is 9.00. The van der Waals surface area contributed by atoms with E-state index in [0.717, 1.165) is 73.2 Å². The maximum Gasteiger partial charge on any atom is 0.300 e. The van der Waals surface area contributed by atoms with Crippen molar-refractivity contribution in [2.24, 2.45) is 0 Å². The number of benzene rings is 2. The molecule has 0 amide bonds. The third kappa shape index (κ3) is 3.67. The first-order valence-electron chi connectivity index (χ1n) is 9.28. The summed E-state index contributed by atoms with van der Waals surface area (Å²) in [4.78, 5) is 21.2. The molecule has 3 heterocycles. The largest absolute Gasteiger partial charge is 0.481 e. The van der Waals surface area contributed by atoms with Crippen LogP contribution in [0.15, 0.2) is 48.5 Å². The Balaban J connectivity index is 0.000000442. The van der Waals surface area contributed by atoms with Gasteiger partial charge in [0.15, 0.2) is 0 Å². The Morgan fingerprint density at radius 1 is 1.04 bits per heavy atom. The second kappa shape index (κ2) is 7.92. The molecule has 5 rings (SSSR count). The summed E-state index contributed by atoms with van der Waals surface area (Å²) in [6.07, 6.45) is 0. The number of carboxylic acid groups (broad SMARTS) is 1. The fourth-order valence-corrected chi connectivity index (χ4v) is 3.48. The van der Waals surface area contributed by atoms with Crippen LogP contribution in [-0.2, 0) is 16.1 Å². The SMILES string of the molecule is CC(=O)O.c1ccc2c(c1)nc(CN1CCOCC1)n1c3ccccc3nc21. The molecule has 1 aliphatic rings. The number of aromatic nitrogens is 3. The summed E-state index contributed by atoms with van der Waals surface area (Å²) in [5, 5.41) is 8.51. The molecule has 0 spiro atoms. The third-order valence-corrected chi connectivity index (χ3v) is 4.68. The first-order valence-corrected chi connectivity index (χ1v) is 9.28. The molecule has 1 saturated heterocycles. The average molecular weight is 378 g/mol. The number of rotatable bonds is 2. The van der Waals surface area contributed by atoms with Crippen molar-refractivity contribution in [1.82, 2.24) is 19.3 Å². The summed E-state index contributed by atoms with van der Waals surface area (Å²) in [5.74, 6) is 0.208. The van der Waals surface area contributed by atoms with E-state index >= 15 is 0 Å². The van der Waals surface area contributed by atoms with Crippen LogP contribution in [0.4, 0.5) is 0 Å². The van der Waals surface area contributed by atoms with Gasteiger partial charge in [0.05, 0.1) is 36.3 Å². The highest BCUT2D eigenvalue weighted by Gasteiger charge is 2.17. The van der Waals surface area contributed by atoms with Crippen LogP contribution in [0, 0.1) is 0 Å². The molecular weight excluding hydrogens is 356 g/mol. The van der Waals surface area contributed by atoms with Gasteiger partial charge < -0.3 is 9.84 Å². The van der Waals surface area contributed by atoms with E-state index in [1.807, 2.05) is 18.2 Å². The topological polar surface area (TPSA) is 80.0 Å². The minimum atomic E-state index is -0.833. The van der Waals surface area contributed by atoms with Gasteiger partial charge in [-0.3, -0.25) is 14.1 Å². The quantitative estimate of drug-likeness (QED) is 0.578. The lowest BCUT2D eigenvalue weighted by Gasteiger charge is -2.26. The highest BCUT2D eigenvalue weighted by atomic mass is 16.5. The molecule has 7 heteroatoms. The summed E-state index contributed by atoms with van der Waals surface area (Å²) in [6.45, 7) is 5.37. The zero-order valence-corrected chi connectivity index (χ0v) is 15.7. The van der Waals surface area contributed by atoms with E-state index in [1.165, 1.54) is 0 Å².